The maximum atomic E-state index is 9.32. The van der Waals surface area contributed by atoms with Gasteiger partial charge in [0.05, 0.1) is 30.0 Å². The lowest BCUT2D eigenvalue weighted by Gasteiger charge is -2.26. The van der Waals surface area contributed by atoms with E-state index in [4.69, 9.17) is 10.00 Å². The molecule has 114 valence electrons. The third kappa shape index (κ3) is 3.51. The van der Waals surface area contributed by atoms with Crippen LogP contribution in [0.15, 0.2) is 30.7 Å². The summed E-state index contributed by atoms with van der Waals surface area (Å²) in [5.74, 6) is 0. The highest BCUT2D eigenvalue weighted by Gasteiger charge is 2.14. The summed E-state index contributed by atoms with van der Waals surface area (Å²) in [6.07, 6.45) is 4.76. The fourth-order valence-electron chi connectivity index (χ4n) is 2.55. The first-order valence-corrected chi connectivity index (χ1v) is 7.35. The molecule has 0 radical (unpaired) electrons. The van der Waals surface area contributed by atoms with Gasteiger partial charge in [-0.25, -0.2) is 0 Å². The topological polar surface area (TPSA) is 85.8 Å². The van der Waals surface area contributed by atoms with Gasteiger partial charge >= 0.3 is 0 Å². The summed E-state index contributed by atoms with van der Waals surface area (Å²) in [5, 5.41) is 18.3. The first-order chi connectivity index (χ1) is 11.3. The number of morpholine rings is 1. The molecule has 2 aromatic rings. The Balaban J connectivity index is 1.93. The van der Waals surface area contributed by atoms with Crippen LogP contribution in [-0.2, 0) is 11.3 Å². The van der Waals surface area contributed by atoms with Gasteiger partial charge in [-0.1, -0.05) is 0 Å². The van der Waals surface area contributed by atoms with Crippen LogP contribution in [0.2, 0.25) is 0 Å². The van der Waals surface area contributed by atoms with Gasteiger partial charge in [0.15, 0.2) is 0 Å². The molecule has 0 saturated carbocycles. The second-order valence-corrected chi connectivity index (χ2v) is 5.30. The molecule has 6 heteroatoms. The summed E-state index contributed by atoms with van der Waals surface area (Å²) < 4.78 is 5.35. The van der Waals surface area contributed by atoms with Crippen molar-refractivity contribution in [2.24, 2.45) is 0 Å². The molecule has 1 aliphatic rings. The zero-order valence-corrected chi connectivity index (χ0v) is 12.6. The average Bonchev–Trinajstić information content (AvgIpc) is 2.62. The number of pyridine rings is 2. The lowest BCUT2D eigenvalue weighted by atomic mass is 10.0. The van der Waals surface area contributed by atoms with E-state index in [2.05, 4.69) is 27.0 Å². The summed E-state index contributed by atoms with van der Waals surface area (Å²) >= 11 is 0. The molecule has 0 N–H and O–H groups in total. The Labute approximate surface area is 134 Å². The minimum absolute atomic E-state index is 0.470. The molecule has 1 fully saturated rings. The standard InChI is InChI=1S/C17H15N5O/c18-7-13-5-14(10-20-9-13)17-6-16(21-11-15(17)8-19)12-22-1-3-23-4-2-22/h5-6,9-11H,1-4,12H2. The summed E-state index contributed by atoms with van der Waals surface area (Å²) in [5.41, 5.74) is 3.36. The highest BCUT2D eigenvalue weighted by molar-refractivity contribution is 5.70. The van der Waals surface area contributed by atoms with Crippen molar-refractivity contribution in [3.8, 4) is 23.3 Å². The van der Waals surface area contributed by atoms with Crippen LogP contribution in [0.25, 0.3) is 11.1 Å². The number of rotatable bonds is 3. The lowest BCUT2D eigenvalue weighted by molar-refractivity contribution is 0.0336. The van der Waals surface area contributed by atoms with Gasteiger partial charge in [0.25, 0.3) is 0 Å². The van der Waals surface area contributed by atoms with Crippen LogP contribution in [0, 0.1) is 22.7 Å². The summed E-state index contributed by atoms with van der Waals surface area (Å²) in [6, 6.07) is 7.87. The van der Waals surface area contributed by atoms with Crippen molar-refractivity contribution < 1.29 is 4.74 Å². The number of aromatic nitrogens is 2. The lowest BCUT2D eigenvalue weighted by Crippen LogP contribution is -2.35. The number of hydrogen-bond donors (Lipinski definition) is 0. The van der Waals surface area contributed by atoms with Crippen molar-refractivity contribution in [1.82, 2.24) is 14.9 Å². The fraction of sp³-hybridized carbons (Fsp3) is 0.294. The third-order valence-corrected chi connectivity index (χ3v) is 3.75. The molecule has 3 heterocycles. The summed E-state index contributed by atoms with van der Waals surface area (Å²) in [4.78, 5) is 10.7. The highest BCUT2D eigenvalue weighted by atomic mass is 16.5. The average molecular weight is 305 g/mol. The highest BCUT2D eigenvalue weighted by Crippen LogP contribution is 2.24. The van der Waals surface area contributed by atoms with E-state index >= 15 is 0 Å². The van der Waals surface area contributed by atoms with E-state index in [1.807, 2.05) is 6.07 Å². The first-order valence-electron chi connectivity index (χ1n) is 7.35. The fourth-order valence-corrected chi connectivity index (χ4v) is 2.55. The monoisotopic (exact) mass is 305 g/mol. The number of ether oxygens (including phenoxy) is 1. The Morgan fingerprint density at radius 1 is 1.09 bits per heavy atom. The van der Waals surface area contributed by atoms with Crippen molar-refractivity contribution in [1.29, 1.82) is 10.5 Å². The van der Waals surface area contributed by atoms with Crippen molar-refractivity contribution in [3.63, 3.8) is 0 Å². The quantitative estimate of drug-likeness (QED) is 0.858. The Hall–Kier alpha value is -2.80. The summed E-state index contributed by atoms with van der Waals surface area (Å²) in [6.45, 7) is 3.94. The van der Waals surface area contributed by atoms with Crippen LogP contribution in [0.3, 0.4) is 0 Å². The van der Waals surface area contributed by atoms with Gasteiger partial charge in [-0.3, -0.25) is 14.9 Å². The van der Waals surface area contributed by atoms with Crippen LogP contribution in [-0.4, -0.2) is 41.2 Å². The van der Waals surface area contributed by atoms with Gasteiger partial charge in [-0.05, 0) is 12.1 Å². The Bertz CT molecular complexity index is 784. The molecule has 3 rings (SSSR count). The maximum Gasteiger partial charge on any atom is 0.101 e. The smallest absolute Gasteiger partial charge is 0.101 e. The van der Waals surface area contributed by atoms with Crippen LogP contribution in [0.5, 0.6) is 0 Å². The van der Waals surface area contributed by atoms with Crippen LogP contribution in [0.1, 0.15) is 16.8 Å². The second-order valence-electron chi connectivity index (χ2n) is 5.30. The number of hydrogen-bond acceptors (Lipinski definition) is 6. The molecular weight excluding hydrogens is 290 g/mol. The third-order valence-electron chi connectivity index (χ3n) is 3.75. The molecule has 23 heavy (non-hydrogen) atoms. The molecule has 2 aromatic heterocycles. The molecule has 0 spiro atoms. The van der Waals surface area contributed by atoms with E-state index in [1.165, 1.54) is 6.20 Å². The predicted octanol–water partition coefficient (Wildman–Crippen LogP) is 1.72. The van der Waals surface area contributed by atoms with Gasteiger partial charge in [0.2, 0.25) is 0 Å². The van der Waals surface area contributed by atoms with Crippen molar-refractivity contribution in [2.45, 2.75) is 6.54 Å². The first kappa shape index (κ1) is 15.1. The molecule has 6 nitrogen and oxygen atoms in total. The van der Waals surface area contributed by atoms with E-state index in [0.717, 1.165) is 43.1 Å². The van der Waals surface area contributed by atoms with Gasteiger partial charge < -0.3 is 4.74 Å². The molecular formula is C17H15N5O. The molecule has 1 saturated heterocycles. The molecule has 0 atom stereocenters. The van der Waals surface area contributed by atoms with Crippen molar-refractivity contribution >= 4 is 0 Å². The van der Waals surface area contributed by atoms with E-state index in [0.29, 0.717) is 17.7 Å². The second kappa shape index (κ2) is 6.97. The molecule has 0 unspecified atom stereocenters. The molecule has 1 aliphatic heterocycles. The van der Waals surface area contributed by atoms with Gasteiger partial charge in [-0.15, -0.1) is 0 Å². The van der Waals surface area contributed by atoms with E-state index < -0.39 is 0 Å². The van der Waals surface area contributed by atoms with E-state index in [-0.39, 0.29) is 0 Å². The minimum Gasteiger partial charge on any atom is -0.379 e. The number of nitriles is 2. The van der Waals surface area contributed by atoms with E-state index in [9.17, 15) is 5.26 Å². The molecule has 0 aliphatic carbocycles. The Morgan fingerprint density at radius 2 is 1.91 bits per heavy atom. The Morgan fingerprint density at radius 3 is 2.65 bits per heavy atom. The zero-order valence-electron chi connectivity index (χ0n) is 12.6. The maximum absolute atomic E-state index is 9.32. The Kier molecular flexibility index (Phi) is 4.58. The van der Waals surface area contributed by atoms with Gasteiger partial charge in [0.1, 0.15) is 12.1 Å². The SMILES string of the molecule is N#Cc1cncc(-c2cc(CN3CCOCC3)ncc2C#N)c1. The molecule has 0 bridgehead atoms. The molecule has 0 aromatic carbocycles. The largest absolute Gasteiger partial charge is 0.379 e. The van der Waals surface area contributed by atoms with Crippen molar-refractivity contribution in [3.05, 3.63) is 47.5 Å². The van der Waals surface area contributed by atoms with Crippen LogP contribution in [0.4, 0.5) is 0 Å². The van der Waals surface area contributed by atoms with Gasteiger partial charge in [0, 0.05) is 49.4 Å². The van der Waals surface area contributed by atoms with Crippen LogP contribution < -0.4 is 0 Å². The minimum atomic E-state index is 0.470. The normalized spacial score (nSPS) is 14.9. The van der Waals surface area contributed by atoms with Gasteiger partial charge in [-0.2, -0.15) is 10.5 Å². The van der Waals surface area contributed by atoms with Crippen LogP contribution >= 0.6 is 0 Å². The number of nitrogens with zero attached hydrogens (tertiary/aromatic N) is 5. The molecule has 0 amide bonds. The zero-order chi connectivity index (χ0) is 16.1. The van der Waals surface area contributed by atoms with Crippen molar-refractivity contribution in [2.75, 3.05) is 26.3 Å². The summed E-state index contributed by atoms with van der Waals surface area (Å²) in [7, 11) is 0. The van der Waals surface area contributed by atoms with E-state index in [1.54, 1.807) is 18.5 Å². The predicted molar refractivity (Wildman–Crippen MR) is 83.0 cm³/mol.